The van der Waals surface area contributed by atoms with Crippen molar-refractivity contribution in [2.45, 2.75) is 31.2 Å². The Morgan fingerprint density at radius 1 is 1.22 bits per heavy atom. The van der Waals surface area contributed by atoms with Crippen molar-refractivity contribution in [3.05, 3.63) is 58.1 Å². The average Bonchev–Trinajstić information content (AvgIpc) is 2.55. The molecule has 0 spiro atoms. The molecular weight excluding hydrogens is 374 g/mol. The van der Waals surface area contributed by atoms with Gasteiger partial charge in [-0.3, -0.25) is 19.6 Å². The fraction of sp³-hybridized carbons (Fsp3) is 0.235. The number of hydrogen-bond donors (Lipinski definition) is 3. The molecule has 0 aliphatic rings. The van der Waals surface area contributed by atoms with Crippen LogP contribution in [-0.2, 0) is 14.8 Å². The zero-order valence-corrected chi connectivity index (χ0v) is 15.5. The summed E-state index contributed by atoms with van der Waals surface area (Å²) < 4.78 is 27.1. The van der Waals surface area contributed by atoms with Crippen LogP contribution < -0.4 is 10.0 Å². The van der Waals surface area contributed by atoms with Gasteiger partial charge in [0, 0.05) is 12.1 Å². The molecule has 0 saturated carbocycles. The number of carboxylic acid groups (broad SMARTS) is 1. The molecule has 2 aromatic rings. The summed E-state index contributed by atoms with van der Waals surface area (Å²) in [5.41, 5.74) is 0.664. The van der Waals surface area contributed by atoms with E-state index in [0.717, 1.165) is 11.6 Å². The molecule has 0 aliphatic carbocycles. The third kappa shape index (κ3) is 5.42. The van der Waals surface area contributed by atoms with Crippen molar-refractivity contribution >= 4 is 33.1 Å². The molecule has 0 fully saturated rings. The van der Waals surface area contributed by atoms with E-state index >= 15 is 0 Å². The van der Waals surface area contributed by atoms with Crippen LogP contribution in [-0.4, -0.2) is 30.5 Å². The molecule has 0 aromatic heterocycles. The van der Waals surface area contributed by atoms with E-state index in [1.807, 2.05) is 6.92 Å². The molecule has 1 unspecified atom stereocenters. The van der Waals surface area contributed by atoms with Crippen molar-refractivity contribution in [3.8, 4) is 0 Å². The predicted octanol–water partition coefficient (Wildman–Crippen LogP) is 2.98. The molecule has 0 bridgehead atoms. The lowest BCUT2D eigenvalue weighted by molar-refractivity contribution is -0.383. The molecule has 27 heavy (non-hydrogen) atoms. The van der Waals surface area contributed by atoms with Crippen LogP contribution in [0.25, 0.3) is 0 Å². The van der Waals surface area contributed by atoms with Gasteiger partial charge in [-0.2, -0.15) is 0 Å². The molecule has 0 aliphatic heterocycles. The van der Waals surface area contributed by atoms with Crippen LogP contribution in [0.15, 0.2) is 47.4 Å². The summed E-state index contributed by atoms with van der Waals surface area (Å²) in [6.07, 6.45) is -0.223. The average molecular weight is 393 g/mol. The number of anilines is 2. The van der Waals surface area contributed by atoms with Crippen molar-refractivity contribution in [3.63, 3.8) is 0 Å². The first-order chi connectivity index (χ1) is 12.6. The first-order valence-corrected chi connectivity index (χ1v) is 9.43. The SMILES string of the molecule is Cc1ccc(S(=O)(=O)Nc2ccc(NC(C)CC(=O)O)c([N+](=O)[O-])c2)cc1. The Bertz CT molecular complexity index is 957. The number of aryl methyl sites for hydroxylation is 1. The molecule has 10 heteroatoms. The molecule has 0 saturated heterocycles. The van der Waals surface area contributed by atoms with Gasteiger partial charge in [-0.25, -0.2) is 8.42 Å². The molecular formula is C17H19N3O6S. The van der Waals surface area contributed by atoms with Crippen molar-refractivity contribution in [1.82, 2.24) is 0 Å². The van der Waals surface area contributed by atoms with Crippen LogP contribution in [0.5, 0.6) is 0 Å². The van der Waals surface area contributed by atoms with Crippen molar-refractivity contribution in [2.24, 2.45) is 0 Å². The van der Waals surface area contributed by atoms with E-state index in [1.165, 1.54) is 24.3 Å². The number of aliphatic carboxylic acids is 1. The molecule has 0 radical (unpaired) electrons. The number of nitrogens with one attached hydrogen (secondary N) is 2. The van der Waals surface area contributed by atoms with Gasteiger partial charge in [0.15, 0.2) is 0 Å². The summed E-state index contributed by atoms with van der Waals surface area (Å²) in [6, 6.07) is 9.42. The van der Waals surface area contributed by atoms with Gasteiger partial charge in [0.25, 0.3) is 15.7 Å². The van der Waals surface area contributed by atoms with Gasteiger partial charge < -0.3 is 10.4 Å². The predicted molar refractivity (Wildman–Crippen MR) is 100 cm³/mol. The Morgan fingerprint density at radius 3 is 2.41 bits per heavy atom. The van der Waals surface area contributed by atoms with E-state index < -0.39 is 27.0 Å². The van der Waals surface area contributed by atoms with E-state index in [9.17, 15) is 23.3 Å². The third-order valence-electron chi connectivity index (χ3n) is 3.66. The number of benzene rings is 2. The molecule has 2 aromatic carbocycles. The number of nitrogens with zero attached hydrogens (tertiary/aromatic N) is 1. The monoisotopic (exact) mass is 393 g/mol. The second-order valence-corrected chi connectivity index (χ2v) is 7.73. The molecule has 1 atom stereocenters. The zero-order chi connectivity index (χ0) is 20.2. The smallest absolute Gasteiger partial charge is 0.305 e. The molecule has 0 heterocycles. The summed E-state index contributed by atoms with van der Waals surface area (Å²) in [7, 11) is -3.90. The highest BCUT2D eigenvalue weighted by atomic mass is 32.2. The van der Waals surface area contributed by atoms with Crippen LogP contribution in [0, 0.1) is 17.0 Å². The van der Waals surface area contributed by atoms with Gasteiger partial charge in [0.2, 0.25) is 0 Å². The number of nitro groups is 1. The molecule has 144 valence electrons. The van der Waals surface area contributed by atoms with Crippen molar-refractivity contribution < 1.29 is 23.2 Å². The summed E-state index contributed by atoms with van der Waals surface area (Å²) in [6.45, 7) is 3.40. The van der Waals surface area contributed by atoms with Gasteiger partial charge in [0.05, 0.1) is 21.9 Å². The van der Waals surface area contributed by atoms with Gasteiger partial charge in [-0.1, -0.05) is 17.7 Å². The first-order valence-electron chi connectivity index (χ1n) is 7.95. The third-order valence-corrected chi connectivity index (χ3v) is 5.06. The fourth-order valence-electron chi connectivity index (χ4n) is 2.38. The highest BCUT2D eigenvalue weighted by molar-refractivity contribution is 7.92. The van der Waals surface area contributed by atoms with E-state index in [1.54, 1.807) is 19.1 Å². The van der Waals surface area contributed by atoms with E-state index in [4.69, 9.17) is 5.11 Å². The van der Waals surface area contributed by atoms with Crippen LogP contribution in [0.4, 0.5) is 17.1 Å². The topological polar surface area (TPSA) is 139 Å². The molecule has 9 nitrogen and oxygen atoms in total. The number of carbonyl (C=O) groups is 1. The molecule has 0 amide bonds. The molecule has 2 rings (SSSR count). The second-order valence-electron chi connectivity index (χ2n) is 6.05. The number of sulfonamides is 1. The van der Waals surface area contributed by atoms with Crippen LogP contribution in [0.2, 0.25) is 0 Å². The lowest BCUT2D eigenvalue weighted by Gasteiger charge is -2.14. The lowest BCUT2D eigenvalue weighted by Crippen LogP contribution is -2.20. The Balaban J connectivity index is 2.28. The minimum absolute atomic E-state index is 0.0266. The van der Waals surface area contributed by atoms with Crippen LogP contribution in [0.1, 0.15) is 18.9 Å². The van der Waals surface area contributed by atoms with Crippen molar-refractivity contribution in [2.75, 3.05) is 10.0 Å². The molecule has 3 N–H and O–H groups in total. The standard InChI is InChI=1S/C17H19N3O6S/c1-11-3-6-14(7-4-11)27(25,26)19-13-5-8-15(16(10-13)20(23)24)18-12(2)9-17(21)22/h3-8,10,12,18-19H,9H2,1-2H3,(H,21,22). The second kappa shape index (κ2) is 8.04. The minimum atomic E-state index is -3.90. The number of hydrogen-bond acceptors (Lipinski definition) is 6. The Morgan fingerprint density at radius 2 is 1.85 bits per heavy atom. The van der Waals surface area contributed by atoms with Crippen LogP contribution in [0.3, 0.4) is 0 Å². The summed E-state index contributed by atoms with van der Waals surface area (Å²) >= 11 is 0. The Labute approximate surface area is 156 Å². The quantitative estimate of drug-likeness (QED) is 0.463. The zero-order valence-electron chi connectivity index (χ0n) is 14.7. The number of carboxylic acids is 1. The van der Waals surface area contributed by atoms with Gasteiger partial charge >= 0.3 is 5.97 Å². The summed E-state index contributed by atoms with van der Waals surface area (Å²) in [4.78, 5) is 21.4. The Hall–Kier alpha value is -3.14. The van der Waals surface area contributed by atoms with E-state index in [-0.39, 0.29) is 28.4 Å². The fourth-order valence-corrected chi connectivity index (χ4v) is 3.43. The normalized spacial score (nSPS) is 12.2. The first kappa shape index (κ1) is 20.2. The summed E-state index contributed by atoms with van der Waals surface area (Å²) in [5.74, 6) is -1.04. The van der Waals surface area contributed by atoms with E-state index in [0.29, 0.717) is 0 Å². The number of rotatable bonds is 8. The van der Waals surface area contributed by atoms with Crippen LogP contribution >= 0.6 is 0 Å². The summed E-state index contributed by atoms with van der Waals surface area (Å²) in [5, 5.41) is 22.9. The van der Waals surface area contributed by atoms with Gasteiger partial charge in [0.1, 0.15) is 5.69 Å². The minimum Gasteiger partial charge on any atom is -0.481 e. The largest absolute Gasteiger partial charge is 0.481 e. The van der Waals surface area contributed by atoms with E-state index in [2.05, 4.69) is 10.0 Å². The number of nitro benzene ring substituents is 1. The highest BCUT2D eigenvalue weighted by Gasteiger charge is 2.20. The van der Waals surface area contributed by atoms with Gasteiger partial charge in [-0.15, -0.1) is 0 Å². The lowest BCUT2D eigenvalue weighted by atomic mass is 10.2. The maximum absolute atomic E-state index is 12.4. The maximum Gasteiger partial charge on any atom is 0.305 e. The van der Waals surface area contributed by atoms with Gasteiger partial charge in [-0.05, 0) is 38.1 Å². The van der Waals surface area contributed by atoms with Crippen molar-refractivity contribution in [1.29, 1.82) is 0 Å². The highest BCUT2D eigenvalue weighted by Crippen LogP contribution is 2.30. The Kier molecular flexibility index (Phi) is 6.01. The maximum atomic E-state index is 12.4.